The zero-order valence-corrected chi connectivity index (χ0v) is 14.3. The summed E-state index contributed by atoms with van der Waals surface area (Å²) in [5.74, 6) is 0.0498. The maximum atomic E-state index is 12.3. The van der Waals surface area contributed by atoms with Crippen LogP contribution in [0.5, 0.6) is 0 Å². The molecule has 2 aromatic carbocycles. The molecule has 0 bridgehead atoms. The zero-order valence-electron chi connectivity index (χ0n) is 14.3. The predicted molar refractivity (Wildman–Crippen MR) is 97.4 cm³/mol. The summed E-state index contributed by atoms with van der Waals surface area (Å²) in [5, 5.41) is 5.50. The first-order chi connectivity index (χ1) is 11.0. The van der Waals surface area contributed by atoms with Gasteiger partial charge < -0.3 is 5.32 Å². The van der Waals surface area contributed by atoms with Crippen molar-refractivity contribution in [2.45, 2.75) is 26.8 Å². The van der Waals surface area contributed by atoms with Crippen LogP contribution in [-0.2, 0) is 4.79 Å². The van der Waals surface area contributed by atoms with E-state index >= 15 is 0 Å². The molecule has 2 aromatic rings. The number of benzene rings is 2. The summed E-state index contributed by atoms with van der Waals surface area (Å²) in [7, 11) is 0. The summed E-state index contributed by atoms with van der Waals surface area (Å²) in [6.07, 6.45) is 0. The number of nitrogens with zero attached hydrogens (tertiary/aromatic N) is 1. The molecule has 23 heavy (non-hydrogen) atoms. The first-order valence-corrected chi connectivity index (χ1v) is 8.14. The highest BCUT2D eigenvalue weighted by Crippen LogP contribution is 2.20. The van der Waals surface area contributed by atoms with Crippen molar-refractivity contribution in [3.63, 3.8) is 0 Å². The van der Waals surface area contributed by atoms with E-state index < -0.39 is 0 Å². The van der Waals surface area contributed by atoms with Crippen LogP contribution in [0.25, 0.3) is 10.8 Å². The first kappa shape index (κ1) is 17.2. The number of amides is 1. The van der Waals surface area contributed by atoms with Gasteiger partial charge in [-0.05, 0) is 42.8 Å². The highest BCUT2D eigenvalue weighted by atomic mass is 16.2. The van der Waals surface area contributed by atoms with Gasteiger partial charge in [0, 0.05) is 6.54 Å². The minimum absolute atomic E-state index is 0.00404. The average Bonchev–Trinajstić information content (AvgIpc) is 2.53. The zero-order chi connectivity index (χ0) is 16.8. The van der Waals surface area contributed by atoms with E-state index in [4.69, 9.17) is 0 Å². The molecule has 122 valence electrons. The van der Waals surface area contributed by atoms with Crippen molar-refractivity contribution in [3.05, 3.63) is 60.2 Å². The smallest absolute Gasteiger partial charge is 0.234 e. The number of nitrogens with one attached hydrogen (secondary N) is 1. The van der Waals surface area contributed by atoms with Crippen LogP contribution in [-0.4, -0.2) is 30.4 Å². The summed E-state index contributed by atoms with van der Waals surface area (Å²) in [6, 6.07) is 14.6. The van der Waals surface area contributed by atoms with Crippen LogP contribution in [0, 0.1) is 0 Å². The van der Waals surface area contributed by atoms with Gasteiger partial charge in [-0.3, -0.25) is 9.69 Å². The third-order valence-corrected chi connectivity index (χ3v) is 3.96. The van der Waals surface area contributed by atoms with E-state index in [0.717, 1.165) is 24.2 Å². The van der Waals surface area contributed by atoms with Gasteiger partial charge in [-0.25, -0.2) is 0 Å². The van der Waals surface area contributed by atoms with E-state index in [0.29, 0.717) is 6.54 Å². The highest BCUT2D eigenvalue weighted by Gasteiger charge is 2.13. The second-order valence-corrected chi connectivity index (χ2v) is 6.16. The lowest BCUT2D eigenvalue weighted by Crippen LogP contribution is -2.38. The number of carbonyl (C=O) groups is 1. The quantitative estimate of drug-likeness (QED) is 0.786. The lowest BCUT2D eigenvalue weighted by atomic mass is 10.0. The van der Waals surface area contributed by atoms with Crippen molar-refractivity contribution < 1.29 is 4.79 Å². The van der Waals surface area contributed by atoms with Gasteiger partial charge in [-0.2, -0.15) is 0 Å². The van der Waals surface area contributed by atoms with Gasteiger partial charge in [0.2, 0.25) is 5.91 Å². The summed E-state index contributed by atoms with van der Waals surface area (Å²) in [5.41, 5.74) is 2.20. The van der Waals surface area contributed by atoms with E-state index in [1.807, 2.05) is 26.0 Å². The third-order valence-electron chi connectivity index (χ3n) is 3.96. The topological polar surface area (TPSA) is 32.3 Å². The highest BCUT2D eigenvalue weighted by molar-refractivity contribution is 5.83. The monoisotopic (exact) mass is 310 g/mol. The minimum Gasteiger partial charge on any atom is -0.348 e. The van der Waals surface area contributed by atoms with Crippen molar-refractivity contribution >= 4 is 16.7 Å². The average molecular weight is 310 g/mol. The number of hydrogen-bond acceptors (Lipinski definition) is 2. The van der Waals surface area contributed by atoms with Crippen molar-refractivity contribution in [1.82, 2.24) is 10.2 Å². The van der Waals surface area contributed by atoms with Crippen LogP contribution in [0.3, 0.4) is 0 Å². The van der Waals surface area contributed by atoms with Crippen molar-refractivity contribution in [2.75, 3.05) is 19.6 Å². The molecular weight excluding hydrogens is 284 g/mol. The molecule has 1 atom stereocenters. The molecule has 0 aromatic heterocycles. The fraction of sp³-hybridized carbons (Fsp3) is 0.350. The largest absolute Gasteiger partial charge is 0.348 e. The lowest BCUT2D eigenvalue weighted by Gasteiger charge is -2.22. The molecule has 0 radical (unpaired) electrons. The summed E-state index contributed by atoms with van der Waals surface area (Å²) in [4.78, 5) is 14.3. The Balaban J connectivity index is 2.00. The lowest BCUT2D eigenvalue weighted by molar-refractivity contribution is -0.122. The van der Waals surface area contributed by atoms with Crippen LogP contribution in [0.4, 0.5) is 0 Å². The Labute approximate surface area is 139 Å². The third kappa shape index (κ3) is 4.93. The maximum Gasteiger partial charge on any atom is 0.234 e. The predicted octanol–water partition coefficient (Wildman–Crippen LogP) is 3.92. The molecule has 1 amide bonds. The van der Waals surface area contributed by atoms with Gasteiger partial charge >= 0.3 is 0 Å². The molecule has 2 rings (SSSR count). The van der Waals surface area contributed by atoms with Crippen LogP contribution in [0.15, 0.2) is 54.6 Å². The molecule has 3 nitrogen and oxygen atoms in total. The number of rotatable bonds is 7. The molecule has 0 saturated heterocycles. The molecule has 3 heteroatoms. The van der Waals surface area contributed by atoms with Crippen molar-refractivity contribution in [1.29, 1.82) is 0 Å². The van der Waals surface area contributed by atoms with E-state index in [2.05, 4.69) is 54.1 Å². The molecule has 0 aliphatic carbocycles. The number of likely N-dealkylation sites (N-methyl/N-ethyl adjacent to an activating group) is 1. The Morgan fingerprint density at radius 2 is 1.87 bits per heavy atom. The van der Waals surface area contributed by atoms with Gasteiger partial charge in [0.05, 0.1) is 12.6 Å². The van der Waals surface area contributed by atoms with Crippen LogP contribution < -0.4 is 5.32 Å². The van der Waals surface area contributed by atoms with E-state index in [9.17, 15) is 4.79 Å². The Hall–Kier alpha value is -2.13. The first-order valence-electron chi connectivity index (χ1n) is 8.14. The van der Waals surface area contributed by atoms with Gasteiger partial charge in [-0.15, -0.1) is 0 Å². The van der Waals surface area contributed by atoms with E-state index in [-0.39, 0.29) is 11.9 Å². The summed E-state index contributed by atoms with van der Waals surface area (Å²) >= 11 is 0. The molecule has 0 aliphatic rings. The Bertz CT molecular complexity index is 693. The minimum atomic E-state index is -0.00404. The van der Waals surface area contributed by atoms with Crippen LogP contribution in [0.1, 0.15) is 32.4 Å². The van der Waals surface area contributed by atoms with Gasteiger partial charge in [0.25, 0.3) is 0 Å². The van der Waals surface area contributed by atoms with Crippen LogP contribution >= 0.6 is 0 Å². The molecule has 1 N–H and O–H groups in total. The van der Waals surface area contributed by atoms with Gasteiger partial charge in [0.1, 0.15) is 0 Å². The SMILES string of the molecule is C=C(C)CN(CC)CC(=O)NC(C)c1ccc2ccccc2c1. The molecule has 0 spiro atoms. The molecular formula is C20H26N2O. The summed E-state index contributed by atoms with van der Waals surface area (Å²) in [6.45, 7) is 12.0. The van der Waals surface area contributed by atoms with Gasteiger partial charge in [-0.1, -0.05) is 55.5 Å². The Morgan fingerprint density at radius 1 is 1.17 bits per heavy atom. The van der Waals surface area contributed by atoms with Crippen molar-refractivity contribution in [2.24, 2.45) is 0 Å². The fourth-order valence-corrected chi connectivity index (χ4v) is 2.71. The van der Waals surface area contributed by atoms with Crippen molar-refractivity contribution in [3.8, 4) is 0 Å². The standard InChI is InChI=1S/C20H26N2O/c1-5-22(13-15(2)3)14-20(23)21-16(4)18-11-10-17-8-6-7-9-19(17)12-18/h6-12,16H,2,5,13-14H2,1,3-4H3,(H,21,23). The molecule has 1 unspecified atom stereocenters. The van der Waals surface area contributed by atoms with Crippen LogP contribution in [0.2, 0.25) is 0 Å². The van der Waals surface area contributed by atoms with Gasteiger partial charge in [0.15, 0.2) is 0 Å². The van der Waals surface area contributed by atoms with E-state index in [1.165, 1.54) is 10.8 Å². The van der Waals surface area contributed by atoms with E-state index in [1.54, 1.807) is 0 Å². The summed E-state index contributed by atoms with van der Waals surface area (Å²) < 4.78 is 0. The second kappa shape index (κ2) is 7.93. The number of hydrogen-bond donors (Lipinski definition) is 1. The molecule has 0 saturated carbocycles. The normalized spacial score (nSPS) is 12.3. The number of carbonyl (C=O) groups excluding carboxylic acids is 1. The maximum absolute atomic E-state index is 12.3. The fourth-order valence-electron chi connectivity index (χ4n) is 2.71. The Morgan fingerprint density at radius 3 is 2.52 bits per heavy atom. The Kier molecular flexibility index (Phi) is 5.94. The molecule has 0 fully saturated rings. The second-order valence-electron chi connectivity index (χ2n) is 6.16. The molecule has 0 heterocycles. The number of fused-ring (bicyclic) bond motifs is 1. The molecule has 0 aliphatic heterocycles.